The van der Waals surface area contributed by atoms with E-state index in [9.17, 15) is 0 Å². The molecular formula is C12H10ClN3OS. The molecule has 1 aromatic carbocycles. The van der Waals surface area contributed by atoms with Crippen LogP contribution in [-0.2, 0) is 6.61 Å². The number of rotatable bonds is 4. The summed E-state index contributed by atoms with van der Waals surface area (Å²) in [5.74, 6) is 0.412. The molecular weight excluding hydrogens is 270 g/mol. The largest absolute Gasteiger partial charge is 0.472 e. The molecule has 0 aliphatic heterocycles. The number of ether oxygens (including phenoxy) is 1. The Labute approximate surface area is 115 Å². The van der Waals surface area contributed by atoms with Crippen molar-refractivity contribution >= 4 is 28.8 Å². The van der Waals surface area contributed by atoms with Crippen LogP contribution < -0.4 is 10.5 Å². The van der Waals surface area contributed by atoms with Crippen molar-refractivity contribution in [3.05, 3.63) is 52.9 Å². The van der Waals surface area contributed by atoms with Crippen LogP contribution in [0.25, 0.3) is 0 Å². The summed E-state index contributed by atoms with van der Waals surface area (Å²) in [5.41, 5.74) is 6.85. The van der Waals surface area contributed by atoms with Crippen molar-refractivity contribution in [1.29, 1.82) is 0 Å². The van der Waals surface area contributed by atoms with E-state index in [-0.39, 0.29) is 4.99 Å². The lowest BCUT2D eigenvalue weighted by molar-refractivity contribution is 0.292. The minimum Gasteiger partial charge on any atom is -0.472 e. The van der Waals surface area contributed by atoms with Crippen molar-refractivity contribution in [1.82, 2.24) is 9.97 Å². The summed E-state index contributed by atoms with van der Waals surface area (Å²) in [4.78, 5) is 8.29. The average Bonchev–Trinajstić information content (AvgIpc) is 2.37. The molecule has 2 rings (SSSR count). The standard InChI is InChI=1S/C12H10ClN3OS/c13-9-3-1-2-8(4-9)7-17-11-6-15-10(5-16-11)12(14)18/h1-6H,7H2,(H2,14,18). The molecule has 0 atom stereocenters. The number of hydrogen-bond acceptors (Lipinski definition) is 4. The summed E-state index contributed by atoms with van der Waals surface area (Å²) in [5, 5.41) is 0.672. The highest BCUT2D eigenvalue weighted by Gasteiger charge is 2.01. The predicted octanol–water partition coefficient (Wildman–Crippen LogP) is 2.34. The molecule has 0 aliphatic rings. The van der Waals surface area contributed by atoms with Gasteiger partial charge < -0.3 is 10.5 Å². The van der Waals surface area contributed by atoms with E-state index >= 15 is 0 Å². The van der Waals surface area contributed by atoms with Crippen molar-refractivity contribution < 1.29 is 4.74 Å². The van der Waals surface area contributed by atoms with Gasteiger partial charge in [-0.25, -0.2) is 9.97 Å². The van der Waals surface area contributed by atoms with E-state index in [2.05, 4.69) is 9.97 Å². The molecule has 18 heavy (non-hydrogen) atoms. The van der Waals surface area contributed by atoms with E-state index in [1.807, 2.05) is 24.3 Å². The third kappa shape index (κ3) is 3.38. The molecule has 0 unspecified atom stereocenters. The smallest absolute Gasteiger partial charge is 0.232 e. The fourth-order valence-corrected chi connectivity index (χ4v) is 1.62. The Morgan fingerprint density at radius 2 is 2.17 bits per heavy atom. The average molecular weight is 280 g/mol. The number of nitrogens with two attached hydrogens (primary N) is 1. The van der Waals surface area contributed by atoms with Crippen LogP contribution >= 0.6 is 23.8 Å². The van der Waals surface area contributed by atoms with E-state index in [1.165, 1.54) is 12.4 Å². The number of nitrogens with zero attached hydrogens (tertiary/aromatic N) is 2. The molecule has 0 spiro atoms. The van der Waals surface area contributed by atoms with Crippen LogP contribution in [0.3, 0.4) is 0 Å². The maximum absolute atomic E-state index is 5.87. The van der Waals surface area contributed by atoms with Crippen LogP contribution in [0.4, 0.5) is 0 Å². The lowest BCUT2D eigenvalue weighted by Crippen LogP contribution is -2.12. The van der Waals surface area contributed by atoms with Gasteiger partial charge >= 0.3 is 0 Å². The molecule has 4 nitrogen and oxygen atoms in total. The molecule has 0 radical (unpaired) electrons. The summed E-state index contributed by atoms with van der Waals surface area (Å²) >= 11 is 10.7. The van der Waals surface area contributed by atoms with Gasteiger partial charge in [0, 0.05) is 5.02 Å². The maximum atomic E-state index is 5.87. The fraction of sp³-hybridized carbons (Fsp3) is 0.0833. The first-order valence-corrected chi connectivity index (χ1v) is 5.93. The maximum Gasteiger partial charge on any atom is 0.232 e. The number of aromatic nitrogens is 2. The summed E-state index contributed by atoms with van der Waals surface area (Å²) in [6, 6.07) is 7.42. The van der Waals surface area contributed by atoms with E-state index in [1.54, 1.807) is 0 Å². The molecule has 2 N–H and O–H groups in total. The Morgan fingerprint density at radius 1 is 1.33 bits per heavy atom. The molecule has 0 fully saturated rings. The summed E-state index contributed by atoms with van der Waals surface area (Å²) in [6.45, 7) is 0.377. The second-order valence-electron chi connectivity index (χ2n) is 3.52. The highest BCUT2D eigenvalue weighted by atomic mass is 35.5. The first kappa shape index (κ1) is 12.7. The van der Waals surface area contributed by atoms with E-state index in [0.29, 0.717) is 23.2 Å². The van der Waals surface area contributed by atoms with Gasteiger partial charge in [-0.1, -0.05) is 36.0 Å². The second-order valence-corrected chi connectivity index (χ2v) is 4.40. The third-order valence-electron chi connectivity index (χ3n) is 2.16. The van der Waals surface area contributed by atoms with Crippen LogP contribution in [0.5, 0.6) is 5.88 Å². The Balaban J connectivity index is 2.00. The Bertz CT molecular complexity index is 560. The van der Waals surface area contributed by atoms with Crippen LogP contribution in [-0.4, -0.2) is 15.0 Å². The molecule has 0 bridgehead atoms. The lowest BCUT2D eigenvalue weighted by Gasteiger charge is -2.05. The number of hydrogen-bond donors (Lipinski definition) is 1. The van der Waals surface area contributed by atoms with Crippen molar-refractivity contribution in [2.45, 2.75) is 6.61 Å². The van der Waals surface area contributed by atoms with E-state index < -0.39 is 0 Å². The van der Waals surface area contributed by atoms with E-state index in [4.69, 9.17) is 34.3 Å². The SMILES string of the molecule is NC(=S)c1cnc(OCc2cccc(Cl)c2)cn1. The summed E-state index contributed by atoms with van der Waals surface area (Å²) in [7, 11) is 0. The minimum absolute atomic E-state index is 0.212. The first-order valence-electron chi connectivity index (χ1n) is 5.14. The lowest BCUT2D eigenvalue weighted by atomic mass is 10.2. The highest BCUT2D eigenvalue weighted by Crippen LogP contribution is 2.13. The van der Waals surface area contributed by atoms with Crippen molar-refractivity contribution in [3.63, 3.8) is 0 Å². The zero-order chi connectivity index (χ0) is 13.0. The van der Waals surface area contributed by atoms with Crippen LogP contribution in [0.1, 0.15) is 11.3 Å². The van der Waals surface area contributed by atoms with Crippen LogP contribution in [0.15, 0.2) is 36.7 Å². The summed E-state index contributed by atoms with van der Waals surface area (Å²) in [6.07, 6.45) is 2.97. The van der Waals surface area contributed by atoms with Gasteiger partial charge in [0.05, 0.1) is 12.4 Å². The first-order chi connectivity index (χ1) is 8.65. The number of benzene rings is 1. The van der Waals surface area contributed by atoms with E-state index in [0.717, 1.165) is 5.56 Å². The van der Waals surface area contributed by atoms with Gasteiger partial charge in [0.25, 0.3) is 0 Å². The minimum atomic E-state index is 0.212. The monoisotopic (exact) mass is 279 g/mol. The number of thiocarbonyl (C=S) groups is 1. The molecule has 0 amide bonds. The fourth-order valence-electron chi connectivity index (χ4n) is 1.30. The van der Waals surface area contributed by atoms with Gasteiger partial charge in [-0.2, -0.15) is 0 Å². The molecule has 0 saturated carbocycles. The zero-order valence-corrected chi connectivity index (χ0v) is 10.9. The van der Waals surface area contributed by atoms with Crippen LogP contribution in [0.2, 0.25) is 5.02 Å². The van der Waals surface area contributed by atoms with Crippen molar-refractivity contribution in [2.24, 2.45) is 5.73 Å². The quantitative estimate of drug-likeness (QED) is 0.871. The van der Waals surface area contributed by atoms with Gasteiger partial charge in [-0.3, -0.25) is 0 Å². The number of halogens is 1. The van der Waals surface area contributed by atoms with Crippen molar-refractivity contribution in [3.8, 4) is 5.88 Å². The normalized spacial score (nSPS) is 10.1. The van der Waals surface area contributed by atoms with Gasteiger partial charge in [0.2, 0.25) is 5.88 Å². The molecule has 1 aromatic heterocycles. The zero-order valence-electron chi connectivity index (χ0n) is 9.34. The predicted molar refractivity (Wildman–Crippen MR) is 73.7 cm³/mol. The van der Waals surface area contributed by atoms with Gasteiger partial charge in [-0.05, 0) is 17.7 Å². The highest BCUT2D eigenvalue weighted by molar-refractivity contribution is 7.80. The van der Waals surface area contributed by atoms with Crippen LogP contribution in [0, 0.1) is 0 Å². The Hall–Kier alpha value is -1.72. The molecule has 2 aromatic rings. The van der Waals surface area contributed by atoms with Crippen molar-refractivity contribution in [2.75, 3.05) is 0 Å². The molecule has 0 aliphatic carbocycles. The molecule has 1 heterocycles. The van der Waals surface area contributed by atoms with Gasteiger partial charge in [0.15, 0.2) is 0 Å². The molecule has 6 heteroatoms. The molecule has 92 valence electrons. The topological polar surface area (TPSA) is 61.0 Å². The third-order valence-corrected chi connectivity index (χ3v) is 2.60. The van der Waals surface area contributed by atoms with Gasteiger partial charge in [0.1, 0.15) is 17.3 Å². The summed E-state index contributed by atoms with van der Waals surface area (Å²) < 4.78 is 5.47. The van der Waals surface area contributed by atoms with Gasteiger partial charge in [-0.15, -0.1) is 0 Å². The second kappa shape index (κ2) is 5.75. The Kier molecular flexibility index (Phi) is 4.07. The Morgan fingerprint density at radius 3 is 2.78 bits per heavy atom. The molecule has 0 saturated heterocycles.